The number of benzene rings is 1. The molecule has 2 heterocycles. The van der Waals surface area contributed by atoms with Gasteiger partial charge in [-0.05, 0) is 55.9 Å². The average molecular weight is 518 g/mol. The molecule has 0 N–H and O–H groups in total. The van der Waals surface area contributed by atoms with Gasteiger partial charge in [0.15, 0.2) is 5.84 Å². The summed E-state index contributed by atoms with van der Waals surface area (Å²) in [4.78, 5) is 14.5. The highest BCUT2D eigenvalue weighted by molar-refractivity contribution is 5.99. The Morgan fingerprint density at radius 2 is 1.71 bits per heavy atom. The minimum absolute atomic E-state index is 0.313. The van der Waals surface area contributed by atoms with Crippen LogP contribution >= 0.6 is 0 Å². The van der Waals surface area contributed by atoms with Gasteiger partial charge in [0.05, 0.1) is 0 Å². The molecule has 5 nitrogen and oxygen atoms in total. The Morgan fingerprint density at radius 1 is 1.08 bits per heavy atom. The Bertz CT molecular complexity index is 1050. The molecular formula is C33H51N5. The fourth-order valence-electron chi connectivity index (χ4n) is 4.72. The van der Waals surface area contributed by atoms with E-state index >= 15 is 0 Å². The van der Waals surface area contributed by atoms with E-state index in [0.717, 1.165) is 61.7 Å². The summed E-state index contributed by atoms with van der Waals surface area (Å²) in [5.74, 6) is 0.837. The molecule has 208 valence electrons. The van der Waals surface area contributed by atoms with Crippen LogP contribution in [0.2, 0.25) is 0 Å². The van der Waals surface area contributed by atoms with Crippen molar-refractivity contribution >= 4 is 5.84 Å². The molecule has 0 saturated carbocycles. The fourth-order valence-corrected chi connectivity index (χ4v) is 4.72. The van der Waals surface area contributed by atoms with Gasteiger partial charge in [-0.3, -0.25) is 4.90 Å². The lowest BCUT2D eigenvalue weighted by molar-refractivity contribution is 0.0843. The summed E-state index contributed by atoms with van der Waals surface area (Å²) in [6, 6.07) is 15.7. The molecule has 1 aliphatic heterocycles. The van der Waals surface area contributed by atoms with Gasteiger partial charge in [0.25, 0.3) is 0 Å². The Labute approximate surface area is 233 Å². The first-order valence-electron chi connectivity index (χ1n) is 14.5. The predicted molar refractivity (Wildman–Crippen MR) is 164 cm³/mol. The van der Waals surface area contributed by atoms with Gasteiger partial charge in [-0.1, -0.05) is 91.8 Å². The van der Waals surface area contributed by atoms with E-state index in [9.17, 15) is 5.26 Å². The van der Waals surface area contributed by atoms with Crippen molar-refractivity contribution in [1.82, 2.24) is 14.8 Å². The van der Waals surface area contributed by atoms with Gasteiger partial charge >= 0.3 is 0 Å². The second-order valence-electron chi connectivity index (χ2n) is 9.62. The van der Waals surface area contributed by atoms with Crippen LogP contribution in [0.3, 0.4) is 0 Å². The van der Waals surface area contributed by atoms with Crippen LogP contribution < -0.4 is 0 Å². The van der Waals surface area contributed by atoms with Crippen molar-refractivity contribution < 1.29 is 0 Å². The zero-order valence-electron chi connectivity index (χ0n) is 25.5. The normalized spacial score (nSPS) is 16.4. The maximum absolute atomic E-state index is 9.40. The number of piperazine rings is 1. The molecule has 0 spiro atoms. The number of amidine groups is 1. The summed E-state index contributed by atoms with van der Waals surface area (Å²) in [5.41, 5.74) is 5.74. The first kappa shape index (κ1) is 33.1. The van der Waals surface area contributed by atoms with Crippen LogP contribution in [-0.2, 0) is 6.42 Å². The van der Waals surface area contributed by atoms with Gasteiger partial charge in [0.2, 0.25) is 0 Å². The third kappa shape index (κ3) is 9.10. The van der Waals surface area contributed by atoms with Crippen LogP contribution in [0, 0.1) is 18.3 Å². The van der Waals surface area contributed by atoms with E-state index in [1.165, 1.54) is 17.5 Å². The molecule has 2 unspecified atom stereocenters. The lowest BCUT2D eigenvalue weighted by Crippen LogP contribution is -2.56. The number of allylic oxidation sites excluding steroid dienone is 1. The molecule has 0 radical (unpaired) electrons. The topological polar surface area (TPSA) is 55.5 Å². The van der Waals surface area contributed by atoms with Gasteiger partial charge in [0, 0.05) is 37.4 Å². The second kappa shape index (κ2) is 17.5. The lowest BCUT2D eigenvalue weighted by atomic mass is 9.97. The average Bonchev–Trinajstić information content (AvgIpc) is 2.94. The van der Waals surface area contributed by atoms with E-state index in [1.54, 1.807) is 6.07 Å². The van der Waals surface area contributed by atoms with Crippen LogP contribution in [0.4, 0.5) is 0 Å². The molecule has 1 aliphatic rings. The summed E-state index contributed by atoms with van der Waals surface area (Å²) < 4.78 is 0. The molecule has 1 aromatic heterocycles. The summed E-state index contributed by atoms with van der Waals surface area (Å²) in [5, 5.41) is 9.40. The van der Waals surface area contributed by atoms with E-state index in [2.05, 4.69) is 86.3 Å². The highest BCUT2D eigenvalue weighted by atomic mass is 15.3. The molecule has 2 atom stereocenters. The molecule has 1 saturated heterocycles. The number of pyridine rings is 1. The Morgan fingerprint density at radius 3 is 2.21 bits per heavy atom. The molecule has 0 bridgehead atoms. The van der Waals surface area contributed by atoms with Crippen LogP contribution in [-0.4, -0.2) is 46.3 Å². The Balaban J connectivity index is 0.00000135. The molecular weight excluding hydrogens is 466 g/mol. The molecule has 0 amide bonds. The predicted octanol–water partition coefficient (Wildman–Crippen LogP) is 8.09. The minimum Gasteiger partial charge on any atom is -0.349 e. The molecule has 3 rings (SSSR count). The monoisotopic (exact) mass is 517 g/mol. The summed E-state index contributed by atoms with van der Waals surface area (Å²) >= 11 is 0. The fraction of sp³-hybridized carbons (Fsp3) is 0.545. The van der Waals surface area contributed by atoms with E-state index in [4.69, 9.17) is 4.99 Å². The van der Waals surface area contributed by atoms with E-state index in [1.807, 2.05) is 33.8 Å². The highest BCUT2D eigenvalue weighted by Crippen LogP contribution is 2.29. The van der Waals surface area contributed by atoms with Crippen molar-refractivity contribution in [2.75, 3.05) is 19.6 Å². The summed E-state index contributed by atoms with van der Waals surface area (Å²) in [6.45, 7) is 25.7. The van der Waals surface area contributed by atoms with Gasteiger partial charge in [-0.2, -0.15) is 5.26 Å². The Hall–Kier alpha value is -2.97. The maximum atomic E-state index is 9.40. The van der Waals surface area contributed by atoms with Gasteiger partial charge in [-0.25, -0.2) is 9.98 Å². The first-order chi connectivity index (χ1) is 18.3. The number of nitriles is 1. The van der Waals surface area contributed by atoms with Crippen molar-refractivity contribution in [2.45, 2.75) is 100 Å². The summed E-state index contributed by atoms with van der Waals surface area (Å²) in [6.07, 6.45) is 4.41. The van der Waals surface area contributed by atoms with Crippen LogP contribution in [0.1, 0.15) is 109 Å². The number of hydrogen-bond acceptors (Lipinski definition) is 4. The molecule has 5 heteroatoms. The highest BCUT2D eigenvalue weighted by Gasteiger charge is 2.33. The largest absolute Gasteiger partial charge is 0.349 e. The zero-order chi connectivity index (χ0) is 28.7. The van der Waals surface area contributed by atoms with E-state index in [-0.39, 0.29) is 0 Å². The van der Waals surface area contributed by atoms with Crippen molar-refractivity contribution in [3.05, 3.63) is 76.8 Å². The lowest BCUT2D eigenvalue weighted by Gasteiger charge is -2.45. The SMILES string of the molecule is C=C(C)N=C(c1nc(C#N)ccc1C)N1CCN(C(CC)c2ccc(CC)cc2)CC1CC.CC.CCC. The number of rotatable bonds is 7. The van der Waals surface area contributed by atoms with Gasteiger partial charge in [-0.15, -0.1) is 0 Å². The van der Waals surface area contributed by atoms with Crippen molar-refractivity contribution in [3.63, 3.8) is 0 Å². The maximum Gasteiger partial charge on any atom is 0.155 e. The van der Waals surface area contributed by atoms with Crippen LogP contribution in [0.5, 0.6) is 0 Å². The number of aromatic nitrogens is 1. The first-order valence-corrected chi connectivity index (χ1v) is 14.5. The van der Waals surface area contributed by atoms with Crippen molar-refractivity contribution in [2.24, 2.45) is 4.99 Å². The van der Waals surface area contributed by atoms with Crippen LogP contribution in [0.25, 0.3) is 0 Å². The number of nitrogens with zero attached hydrogens (tertiary/aromatic N) is 5. The molecule has 1 aromatic carbocycles. The third-order valence-electron chi connectivity index (χ3n) is 6.58. The van der Waals surface area contributed by atoms with Crippen molar-refractivity contribution in [1.29, 1.82) is 5.26 Å². The number of aryl methyl sites for hydroxylation is 2. The quantitative estimate of drug-likeness (QED) is 0.275. The minimum atomic E-state index is 0.313. The number of hydrogen-bond donors (Lipinski definition) is 0. The number of aliphatic imine (C=N–C) groups is 1. The van der Waals surface area contributed by atoms with E-state index in [0.29, 0.717) is 17.8 Å². The third-order valence-corrected chi connectivity index (χ3v) is 6.58. The zero-order valence-corrected chi connectivity index (χ0v) is 25.5. The van der Waals surface area contributed by atoms with Gasteiger partial charge in [0.1, 0.15) is 17.5 Å². The van der Waals surface area contributed by atoms with Crippen LogP contribution in [0.15, 0.2) is 53.7 Å². The molecule has 1 fully saturated rings. The van der Waals surface area contributed by atoms with Gasteiger partial charge < -0.3 is 4.90 Å². The molecule has 2 aromatic rings. The van der Waals surface area contributed by atoms with Crippen molar-refractivity contribution in [3.8, 4) is 6.07 Å². The molecule has 0 aliphatic carbocycles. The van der Waals surface area contributed by atoms with E-state index < -0.39 is 0 Å². The standard InChI is InChI=1S/C28H37N5.C3H8.C2H6/c1-7-22-11-13-23(14-12-22)26(9-3)32-16-17-33(25(8-2)19-32)28(30-20(4)5)27-21(6)10-15-24(18-29)31-27;1-3-2;1-2/h10-15,25-26H,4,7-9,16-17,19H2,1-3,5-6H3;3H2,1-2H3;1-2H3. The second-order valence-corrected chi connectivity index (χ2v) is 9.62. The summed E-state index contributed by atoms with van der Waals surface area (Å²) in [7, 11) is 0. The molecule has 38 heavy (non-hydrogen) atoms. The Kier molecular flexibility index (Phi) is 15.2. The smallest absolute Gasteiger partial charge is 0.155 e.